The van der Waals surface area contributed by atoms with Crippen molar-refractivity contribution in [3.05, 3.63) is 23.8 Å². The quantitative estimate of drug-likeness (QED) is 0.619. The summed E-state index contributed by atoms with van der Waals surface area (Å²) in [5.74, 6) is -0.941. The van der Waals surface area contributed by atoms with Crippen molar-refractivity contribution >= 4 is 21.9 Å². The molecule has 32 heavy (non-hydrogen) atoms. The highest BCUT2D eigenvalue weighted by Crippen LogP contribution is 2.27. The molecule has 0 spiro atoms. The maximum Gasteiger partial charge on any atom is 0.342 e. The van der Waals surface area contributed by atoms with E-state index in [4.69, 9.17) is 9.47 Å². The first-order valence-electron chi connectivity index (χ1n) is 11.5. The molecule has 178 valence electrons. The third kappa shape index (κ3) is 6.01. The lowest BCUT2D eigenvalue weighted by Gasteiger charge is -2.24. The highest BCUT2D eigenvalue weighted by molar-refractivity contribution is 7.89. The zero-order valence-corrected chi connectivity index (χ0v) is 19.8. The molecule has 1 heterocycles. The molecule has 1 atom stereocenters. The van der Waals surface area contributed by atoms with E-state index in [9.17, 15) is 18.0 Å². The van der Waals surface area contributed by atoms with Crippen LogP contribution in [0, 0.1) is 0 Å². The molecule has 1 N–H and O–H groups in total. The summed E-state index contributed by atoms with van der Waals surface area (Å²) >= 11 is 0. The van der Waals surface area contributed by atoms with Crippen molar-refractivity contribution in [1.29, 1.82) is 0 Å². The molecule has 1 saturated heterocycles. The summed E-state index contributed by atoms with van der Waals surface area (Å²) in [5, 5.41) is 2.94. The van der Waals surface area contributed by atoms with E-state index in [0.29, 0.717) is 13.1 Å². The van der Waals surface area contributed by atoms with Gasteiger partial charge in [-0.05, 0) is 50.8 Å². The first kappa shape index (κ1) is 24.5. The third-order valence-electron chi connectivity index (χ3n) is 6.20. The van der Waals surface area contributed by atoms with Gasteiger partial charge in [0, 0.05) is 19.1 Å². The van der Waals surface area contributed by atoms with E-state index in [1.165, 1.54) is 43.0 Å². The predicted octanol–water partition coefficient (Wildman–Crippen LogP) is 3.25. The van der Waals surface area contributed by atoms with Gasteiger partial charge >= 0.3 is 5.97 Å². The second-order valence-electron chi connectivity index (χ2n) is 8.57. The highest BCUT2D eigenvalue weighted by Gasteiger charge is 2.29. The Morgan fingerprint density at radius 1 is 1.03 bits per heavy atom. The third-order valence-corrected chi connectivity index (χ3v) is 8.09. The average Bonchev–Trinajstić information content (AvgIpc) is 3.09. The number of hydrogen-bond donors (Lipinski definition) is 1. The number of carbonyl (C=O) groups excluding carboxylic acids is 2. The largest absolute Gasteiger partial charge is 0.496 e. The summed E-state index contributed by atoms with van der Waals surface area (Å²) in [6.07, 6.45) is 7.83. The topological polar surface area (TPSA) is 102 Å². The van der Waals surface area contributed by atoms with Crippen molar-refractivity contribution in [2.75, 3.05) is 20.2 Å². The molecule has 0 unspecified atom stereocenters. The number of hydrogen-bond acceptors (Lipinski definition) is 6. The van der Waals surface area contributed by atoms with E-state index in [1.54, 1.807) is 0 Å². The van der Waals surface area contributed by atoms with Crippen LogP contribution in [-0.2, 0) is 19.6 Å². The Labute approximate surface area is 190 Å². The molecular formula is C23H34N2O6S. The summed E-state index contributed by atoms with van der Waals surface area (Å²) in [5.41, 5.74) is -0.0132. The minimum atomic E-state index is -3.74. The van der Waals surface area contributed by atoms with Crippen LogP contribution < -0.4 is 10.1 Å². The maximum atomic E-state index is 13.1. The minimum absolute atomic E-state index is 0.0132. The van der Waals surface area contributed by atoms with Crippen molar-refractivity contribution in [2.45, 2.75) is 81.8 Å². The Morgan fingerprint density at radius 3 is 2.28 bits per heavy atom. The van der Waals surface area contributed by atoms with E-state index in [2.05, 4.69) is 5.32 Å². The van der Waals surface area contributed by atoms with E-state index in [1.807, 2.05) is 0 Å². The van der Waals surface area contributed by atoms with Crippen LogP contribution in [0.25, 0.3) is 0 Å². The van der Waals surface area contributed by atoms with Gasteiger partial charge in [-0.3, -0.25) is 4.79 Å². The van der Waals surface area contributed by atoms with Gasteiger partial charge in [-0.25, -0.2) is 13.2 Å². The predicted molar refractivity (Wildman–Crippen MR) is 120 cm³/mol. The van der Waals surface area contributed by atoms with Crippen LogP contribution >= 0.6 is 0 Å². The Kier molecular flexibility index (Phi) is 8.53. The molecule has 0 radical (unpaired) electrons. The van der Waals surface area contributed by atoms with Gasteiger partial charge in [0.05, 0.1) is 12.0 Å². The number of rotatable bonds is 7. The van der Waals surface area contributed by atoms with Gasteiger partial charge in [0.15, 0.2) is 6.10 Å². The lowest BCUT2D eigenvalue weighted by Crippen LogP contribution is -2.42. The first-order valence-corrected chi connectivity index (χ1v) is 13.0. The molecule has 1 amide bonds. The fourth-order valence-corrected chi connectivity index (χ4v) is 5.83. The van der Waals surface area contributed by atoms with Crippen LogP contribution in [0.1, 0.15) is 75.1 Å². The lowest BCUT2D eigenvalue weighted by atomic mass is 9.95. The van der Waals surface area contributed by atoms with Crippen molar-refractivity contribution in [3.8, 4) is 5.75 Å². The van der Waals surface area contributed by atoms with Crippen LogP contribution in [-0.4, -0.2) is 56.9 Å². The zero-order chi connectivity index (χ0) is 23.1. The summed E-state index contributed by atoms with van der Waals surface area (Å²) in [6, 6.07) is 4.28. The van der Waals surface area contributed by atoms with E-state index >= 15 is 0 Å². The fraction of sp³-hybridized carbons (Fsp3) is 0.652. The molecule has 1 aromatic carbocycles. The van der Waals surface area contributed by atoms with Gasteiger partial charge in [0.25, 0.3) is 5.91 Å². The highest BCUT2D eigenvalue weighted by atomic mass is 32.2. The number of nitrogens with zero attached hydrogens (tertiary/aromatic N) is 1. The SMILES string of the molecule is COc1ccc(S(=O)(=O)N2CCCCCC2)cc1C(=O)O[C@H](C)C(=O)NC1CCCCC1. The second kappa shape index (κ2) is 11.1. The van der Waals surface area contributed by atoms with Gasteiger partial charge in [-0.2, -0.15) is 4.31 Å². The second-order valence-corrected chi connectivity index (χ2v) is 10.5. The molecule has 2 fully saturated rings. The van der Waals surface area contributed by atoms with Crippen molar-refractivity contribution in [2.24, 2.45) is 0 Å². The smallest absolute Gasteiger partial charge is 0.342 e. The molecule has 0 aromatic heterocycles. The number of carbonyl (C=O) groups is 2. The van der Waals surface area contributed by atoms with Crippen LogP contribution in [0.3, 0.4) is 0 Å². The standard InChI is InChI=1S/C23H34N2O6S/c1-17(22(26)24-18-10-6-5-7-11-18)31-23(27)20-16-19(12-13-21(20)30-2)32(28,29)25-14-8-3-4-9-15-25/h12-13,16-18H,3-11,14-15H2,1-2H3,(H,24,26)/t17-/m1/s1. The number of methoxy groups -OCH3 is 1. The van der Waals surface area contributed by atoms with Crippen LogP contribution in [0.15, 0.2) is 23.1 Å². The molecule has 1 saturated carbocycles. The van der Waals surface area contributed by atoms with Crippen molar-refractivity contribution < 1.29 is 27.5 Å². The summed E-state index contributed by atoms with van der Waals surface area (Å²) in [7, 11) is -2.34. The van der Waals surface area contributed by atoms with Gasteiger partial charge in [0.2, 0.25) is 10.0 Å². The van der Waals surface area contributed by atoms with E-state index in [0.717, 1.165) is 51.4 Å². The Bertz CT molecular complexity index is 903. The number of ether oxygens (including phenoxy) is 2. The first-order chi connectivity index (χ1) is 15.3. The monoisotopic (exact) mass is 466 g/mol. The molecule has 8 nitrogen and oxygen atoms in total. The van der Waals surface area contributed by atoms with E-state index < -0.39 is 22.1 Å². The Morgan fingerprint density at radius 2 is 1.66 bits per heavy atom. The van der Waals surface area contributed by atoms with Crippen LogP contribution in [0.2, 0.25) is 0 Å². The van der Waals surface area contributed by atoms with Crippen LogP contribution in [0.5, 0.6) is 5.75 Å². The molecule has 9 heteroatoms. The van der Waals surface area contributed by atoms with Crippen molar-refractivity contribution in [3.63, 3.8) is 0 Å². The number of esters is 1. The van der Waals surface area contributed by atoms with Gasteiger partial charge in [-0.1, -0.05) is 32.1 Å². The van der Waals surface area contributed by atoms with Gasteiger partial charge in [0.1, 0.15) is 11.3 Å². The molecule has 0 bridgehead atoms. The molecule has 2 aliphatic rings. The molecule has 1 aliphatic heterocycles. The molecular weight excluding hydrogens is 432 g/mol. The number of amides is 1. The summed E-state index contributed by atoms with van der Waals surface area (Å²) in [4.78, 5) is 25.3. The summed E-state index contributed by atoms with van der Waals surface area (Å²) in [6.45, 7) is 2.44. The normalized spacial score (nSPS) is 19.6. The minimum Gasteiger partial charge on any atom is -0.496 e. The molecule has 1 aliphatic carbocycles. The van der Waals surface area contributed by atoms with Crippen LogP contribution in [0.4, 0.5) is 0 Å². The Balaban J connectivity index is 1.74. The van der Waals surface area contributed by atoms with Gasteiger partial charge < -0.3 is 14.8 Å². The zero-order valence-electron chi connectivity index (χ0n) is 19.0. The van der Waals surface area contributed by atoms with Gasteiger partial charge in [-0.15, -0.1) is 0 Å². The Hall–Kier alpha value is -2.13. The average molecular weight is 467 g/mol. The number of nitrogens with one attached hydrogen (secondary N) is 1. The van der Waals surface area contributed by atoms with E-state index in [-0.39, 0.29) is 28.2 Å². The molecule has 1 aromatic rings. The fourth-order valence-electron chi connectivity index (χ4n) is 4.28. The molecule has 3 rings (SSSR count). The summed E-state index contributed by atoms with van der Waals surface area (Å²) < 4.78 is 38.4. The number of benzene rings is 1. The number of sulfonamides is 1. The maximum absolute atomic E-state index is 13.1. The lowest BCUT2D eigenvalue weighted by molar-refractivity contribution is -0.130. The van der Waals surface area contributed by atoms with Crippen molar-refractivity contribution in [1.82, 2.24) is 9.62 Å².